The summed E-state index contributed by atoms with van der Waals surface area (Å²) in [6.07, 6.45) is 4.98. The second-order valence-electron chi connectivity index (χ2n) is 4.08. The van der Waals surface area contributed by atoms with Crippen molar-refractivity contribution in [1.29, 1.82) is 0 Å². The highest BCUT2D eigenvalue weighted by atomic mass is 32.1. The van der Waals surface area contributed by atoms with Crippen LogP contribution in [0.5, 0.6) is 0 Å². The highest BCUT2D eigenvalue weighted by Gasteiger charge is 2.17. The van der Waals surface area contributed by atoms with Gasteiger partial charge in [-0.2, -0.15) is 0 Å². The minimum Gasteiger partial charge on any atom is -0.480 e. The van der Waals surface area contributed by atoms with Crippen molar-refractivity contribution >= 4 is 23.2 Å². The number of thiazole rings is 1. The number of carbonyl (C=O) groups is 2. The van der Waals surface area contributed by atoms with E-state index in [9.17, 15) is 9.59 Å². The first kappa shape index (κ1) is 14.1. The first-order valence-corrected chi connectivity index (χ1v) is 6.72. The molecule has 2 aromatic heterocycles. The maximum absolute atomic E-state index is 11.6. The van der Waals surface area contributed by atoms with Gasteiger partial charge in [-0.05, 0) is 12.0 Å². The molecule has 2 rings (SSSR count). The molecule has 2 heterocycles. The van der Waals surface area contributed by atoms with E-state index in [1.54, 1.807) is 24.7 Å². The molecule has 0 aliphatic heterocycles. The van der Waals surface area contributed by atoms with Crippen LogP contribution in [0.3, 0.4) is 0 Å². The fraction of sp³-hybridized carbons (Fsp3) is 0.250. The maximum atomic E-state index is 11.6. The molecule has 0 aromatic carbocycles. The smallest absolute Gasteiger partial charge is 0.325 e. The van der Waals surface area contributed by atoms with Crippen LogP contribution in [-0.4, -0.2) is 33.1 Å². The van der Waals surface area contributed by atoms with Gasteiger partial charge in [-0.3, -0.25) is 9.59 Å². The molecule has 20 heavy (non-hydrogen) atoms. The van der Waals surface area contributed by atoms with Crippen molar-refractivity contribution in [3.8, 4) is 10.6 Å². The molecule has 0 saturated heterocycles. The van der Waals surface area contributed by atoms with E-state index in [-0.39, 0.29) is 6.54 Å². The molecule has 0 saturated carbocycles. The Hall–Kier alpha value is -2.35. The van der Waals surface area contributed by atoms with Crippen LogP contribution >= 0.6 is 11.3 Å². The maximum Gasteiger partial charge on any atom is 0.325 e. The highest BCUT2D eigenvalue weighted by molar-refractivity contribution is 7.13. The van der Waals surface area contributed by atoms with Crippen LogP contribution in [0, 0.1) is 0 Å². The number of carboxylic acid groups (broad SMARTS) is 1. The third-order valence-corrected chi connectivity index (χ3v) is 3.33. The molecule has 0 spiro atoms. The van der Waals surface area contributed by atoms with Gasteiger partial charge in [-0.25, -0.2) is 4.98 Å². The third kappa shape index (κ3) is 3.58. The van der Waals surface area contributed by atoms with Gasteiger partial charge in [0.15, 0.2) is 6.20 Å². The van der Waals surface area contributed by atoms with Crippen LogP contribution in [0.15, 0.2) is 30.0 Å². The molecule has 0 aliphatic rings. The van der Waals surface area contributed by atoms with Crippen LogP contribution in [0.25, 0.3) is 10.6 Å². The van der Waals surface area contributed by atoms with E-state index in [4.69, 9.17) is 5.11 Å². The quantitative estimate of drug-likeness (QED) is 0.761. The van der Waals surface area contributed by atoms with Gasteiger partial charge < -0.3 is 10.4 Å². The van der Waals surface area contributed by atoms with Gasteiger partial charge in [0.1, 0.15) is 17.2 Å². The lowest BCUT2D eigenvalue weighted by atomic mass is 10.3. The average Bonchev–Trinajstić information content (AvgIpc) is 2.93. The van der Waals surface area contributed by atoms with E-state index in [1.165, 1.54) is 22.9 Å². The van der Waals surface area contributed by atoms with Crippen molar-refractivity contribution in [3.63, 3.8) is 0 Å². The number of hydrogen-bond acceptors (Lipinski definition) is 5. The summed E-state index contributed by atoms with van der Waals surface area (Å²) in [6.45, 7) is 1.37. The molecular weight excluding hydrogens is 280 g/mol. The molecule has 0 radical (unpaired) electrons. The summed E-state index contributed by atoms with van der Waals surface area (Å²) in [7, 11) is 0. The zero-order chi connectivity index (χ0) is 14.5. The second kappa shape index (κ2) is 6.20. The van der Waals surface area contributed by atoms with Crippen molar-refractivity contribution in [3.05, 3.63) is 30.0 Å². The van der Waals surface area contributed by atoms with E-state index in [2.05, 4.69) is 15.4 Å². The van der Waals surface area contributed by atoms with Crippen LogP contribution in [-0.2, 0) is 16.1 Å². The summed E-state index contributed by atoms with van der Waals surface area (Å²) < 4.78 is 1.43. The topological polar surface area (TPSA) is 96.1 Å². The summed E-state index contributed by atoms with van der Waals surface area (Å²) in [5.41, 5.74) is 0.871. The molecular formula is C12H13N4O3S+. The predicted octanol–water partition coefficient (Wildman–Crippen LogP) is 0.0819. The summed E-state index contributed by atoms with van der Waals surface area (Å²) in [6, 6.07) is 0.886. The van der Waals surface area contributed by atoms with E-state index in [1.807, 2.05) is 5.38 Å². The van der Waals surface area contributed by atoms with Crippen molar-refractivity contribution in [2.45, 2.75) is 19.5 Å². The third-order valence-electron chi connectivity index (χ3n) is 2.50. The molecule has 104 valence electrons. The second-order valence-corrected chi connectivity index (χ2v) is 4.97. The Morgan fingerprint density at radius 2 is 2.35 bits per heavy atom. The average molecular weight is 293 g/mol. The summed E-state index contributed by atoms with van der Waals surface area (Å²) in [5, 5.41) is 17.9. The molecule has 8 heteroatoms. The standard InChI is InChI=1S/C12H12N4O3S/c1-8(12(18)19)15-10(17)7-16-4-2-9(6-14-16)11-13-3-5-20-11/h2-6,8H,7H2,1H3,(H-,15,17,18,19)/p+1. The van der Waals surface area contributed by atoms with Crippen LogP contribution in [0.2, 0.25) is 0 Å². The number of hydrogen-bond donors (Lipinski definition) is 2. The minimum absolute atomic E-state index is 0.0320. The van der Waals surface area contributed by atoms with Gasteiger partial charge >= 0.3 is 5.97 Å². The first-order valence-electron chi connectivity index (χ1n) is 5.84. The molecule has 1 atom stereocenters. The zero-order valence-electron chi connectivity index (χ0n) is 10.7. The first-order chi connectivity index (χ1) is 9.56. The van der Waals surface area contributed by atoms with E-state index < -0.39 is 17.9 Å². The summed E-state index contributed by atoms with van der Waals surface area (Å²) >= 11 is 1.50. The number of nitrogens with one attached hydrogen (secondary N) is 1. The number of aliphatic carboxylic acids is 1. The lowest BCUT2D eigenvalue weighted by Gasteiger charge is -2.06. The van der Waals surface area contributed by atoms with Crippen LogP contribution in [0.4, 0.5) is 0 Å². The number of aromatic nitrogens is 3. The molecule has 2 N–H and O–H groups in total. The number of carboxylic acids is 1. The monoisotopic (exact) mass is 293 g/mol. The van der Waals surface area contributed by atoms with Crippen molar-refractivity contribution in [2.24, 2.45) is 0 Å². The lowest BCUT2D eigenvalue weighted by molar-refractivity contribution is -0.742. The number of nitrogens with zero attached hydrogens (tertiary/aromatic N) is 3. The molecule has 0 fully saturated rings. The lowest BCUT2D eigenvalue weighted by Crippen LogP contribution is -2.48. The van der Waals surface area contributed by atoms with Gasteiger partial charge in [0.05, 0.1) is 0 Å². The molecule has 1 unspecified atom stereocenters. The van der Waals surface area contributed by atoms with Crippen LogP contribution in [0.1, 0.15) is 6.92 Å². The van der Waals surface area contributed by atoms with Crippen molar-refractivity contribution < 1.29 is 19.4 Å². The summed E-state index contributed by atoms with van der Waals surface area (Å²) in [5.74, 6) is -1.48. The fourth-order valence-electron chi connectivity index (χ4n) is 1.47. The van der Waals surface area contributed by atoms with Gasteiger partial charge in [-0.1, -0.05) is 4.68 Å². The van der Waals surface area contributed by atoms with E-state index >= 15 is 0 Å². The van der Waals surface area contributed by atoms with Gasteiger partial charge in [-0.15, -0.1) is 11.3 Å². The van der Waals surface area contributed by atoms with Gasteiger partial charge in [0, 0.05) is 23.2 Å². The Morgan fingerprint density at radius 1 is 1.55 bits per heavy atom. The van der Waals surface area contributed by atoms with Crippen molar-refractivity contribution in [2.75, 3.05) is 0 Å². The normalized spacial score (nSPS) is 11.8. The molecule has 0 aliphatic carbocycles. The Kier molecular flexibility index (Phi) is 4.36. The molecule has 0 bridgehead atoms. The minimum atomic E-state index is -1.07. The van der Waals surface area contributed by atoms with Gasteiger partial charge in [0.2, 0.25) is 0 Å². The van der Waals surface area contributed by atoms with E-state index in [0.29, 0.717) is 0 Å². The Labute approximate surface area is 118 Å². The number of carbonyl (C=O) groups excluding carboxylic acids is 1. The Morgan fingerprint density at radius 3 is 2.90 bits per heavy atom. The van der Waals surface area contributed by atoms with E-state index in [0.717, 1.165) is 10.6 Å². The largest absolute Gasteiger partial charge is 0.480 e. The Bertz CT molecular complexity index is 598. The zero-order valence-corrected chi connectivity index (χ0v) is 11.5. The van der Waals surface area contributed by atoms with Crippen LogP contribution < -0.4 is 10.00 Å². The van der Waals surface area contributed by atoms with Gasteiger partial charge in [0.25, 0.3) is 12.5 Å². The Balaban J connectivity index is 1.97. The number of rotatable bonds is 5. The predicted molar refractivity (Wildman–Crippen MR) is 70.8 cm³/mol. The fourth-order valence-corrected chi connectivity index (χ4v) is 2.10. The highest BCUT2D eigenvalue weighted by Crippen LogP contribution is 2.18. The molecule has 7 nitrogen and oxygen atoms in total. The van der Waals surface area contributed by atoms with Crippen molar-refractivity contribution in [1.82, 2.24) is 15.4 Å². The summed E-state index contributed by atoms with van der Waals surface area (Å²) in [4.78, 5) is 26.4. The molecule has 1 amide bonds. The SMILES string of the molecule is CC(NC(=O)C[n+]1ccc(-c2nccs2)cn1)C(=O)O. The molecule has 2 aromatic rings. The number of amides is 1.